The van der Waals surface area contributed by atoms with Crippen molar-refractivity contribution in [2.75, 3.05) is 17.3 Å². The Bertz CT molecular complexity index is 684. The number of fused-ring (bicyclic) bond motifs is 1. The van der Waals surface area contributed by atoms with E-state index in [-0.39, 0.29) is 11.7 Å². The molecule has 4 heteroatoms. The number of nitrogens with zero attached hydrogens (tertiary/aromatic N) is 1. The number of halogens is 2. The Balaban J connectivity index is 1.90. The summed E-state index contributed by atoms with van der Waals surface area (Å²) in [7, 11) is 0. The lowest BCUT2D eigenvalue weighted by molar-refractivity contribution is 0.0985. The zero-order chi connectivity index (χ0) is 15.5. The molecule has 1 heterocycles. The molecule has 0 aromatic heterocycles. The van der Waals surface area contributed by atoms with Gasteiger partial charge >= 0.3 is 0 Å². The van der Waals surface area contributed by atoms with Crippen LogP contribution in [0.15, 0.2) is 42.5 Å². The summed E-state index contributed by atoms with van der Waals surface area (Å²) in [4.78, 5) is 14.5. The van der Waals surface area contributed by atoms with E-state index in [2.05, 4.69) is 6.07 Å². The summed E-state index contributed by atoms with van der Waals surface area (Å²) < 4.78 is 13.0. The molecule has 22 heavy (non-hydrogen) atoms. The van der Waals surface area contributed by atoms with Crippen molar-refractivity contribution < 1.29 is 9.18 Å². The number of aryl methyl sites for hydroxylation is 2. The van der Waals surface area contributed by atoms with Crippen molar-refractivity contribution in [1.82, 2.24) is 0 Å². The molecule has 0 saturated carbocycles. The van der Waals surface area contributed by atoms with Gasteiger partial charge in [0.2, 0.25) is 0 Å². The van der Waals surface area contributed by atoms with Crippen molar-refractivity contribution in [3.8, 4) is 0 Å². The highest BCUT2D eigenvalue weighted by atomic mass is 35.5. The number of amides is 1. The minimum absolute atomic E-state index is 0.0777. The van der Waals surface area contributed by atoms with Gasteiger partial charge in [-0.3, -0.25) is 4.79 Å². The van der Waals surface area contributed by atoms with Crippen LogP contribution in [-0.4, -0.2) is 18.3 Å². The van der Waals surface area contributed by atoms with Crippen LogP contribution in [0, 0.1) is 5.82 Å². The molecule has 2 aromatic rings. The second-order valence-corrected chi connectivity index (χ2v) is 5.85. The maximum absolute atomic E-state index is 13.0. The third-order valence-electron chi connectivity index (χ3n) is 3.98. The Morgan fingerprint density at radius 2 is 1.95 bits per heavy atom. The number of benzene rings is 2. The van der Waals surface area contributed by atoms with Crippen LogP contribution >= 0.6 is 11.6 Å². The molecule has 0 radical (unpaired) electrons. The Labute approximate surface area is 134 Å². The van der Waals surface area contributed by atoms with E-state index in [0.29, 0.717) is 18.0 Å². The molecule has 2 nitrogen and oxygen atoms in total. The highest BCUT2D eigenvalue weighted by Gasteiger charge is 2.23. The van der Waals surface area contributed by atoms with Gasteiger partial charge in [0, 0.05) is 23.7 Å². The first kappa shape index (κ1) is 15.0. The molecule has 114 valence electrons. The fraction of sp³-hybridized carbons (Fsp3) is 0.278. The fourth-order valence-electron chi connectivity index (χ4n) is 2.87. The summed E-state index contributed by atoms with van der Waals surface area (Å²) in [6.45, 7) is 0.693. The third kappa shape index (κ3) is 3.00. The maximum atomic E-state index is 13.0. The molecule has 0 saturated heterocycles. The van der Waals surface area contributed by atoms with Crippen LogP contribution in [0.25, 0.3) is 0 Å². The van der Waals surface area contributed by atoms with Crippen LogP contribution in [0.1, 0.15) is 27.9 Å². The van der Waals surface area contributed by atoms with Crippen molar-refractivity contribution >= 4 is 23.2 Å². The smallest absolute Gasteiger partial charge is 0.258 e. The SMILES string of the molecule is O=C(c1ccc(F)cc1)N1CCCc2cc(CCCl)ccc21. The molecular weight excluding hydrogens is 301 g/mol. The lowest BCUT2D eigenvalue weighted by atomic mass is 9.97. The van der Waals surface area contributed by atoms with Crippen LogP contribution in [0.4, 0.5) is 10.1 Å². The number of hydrogen-bond donors (Lipinski definition) is 0. The highest BCUT2D eigenvalue weighted by Crippen LogP contribution is 2.29. The van der Waals surface area contributed by atoms with Crippen LogP contribution < -0.4 is 4.90 Å². The van der Waals surface area contributed by atoms with Crippen LogP contribution in [-0.2, 0) is 12.8 Å². The van der Waals surface area contributed by atoms with Gasteiger partial charge in [-0.2, -0.15) is 0 Å². The first-order chi connectivity index (χ1) is 10.7. The van der Waals surface area contributed by atoms with Gasteiger partial charge in [0.05, 0.1) is 0 Å². The monoisotopic (exact) mass is 317 g/mol. The molecule has 0 unspecified atom stereocenters. The van der Waals surface area contributed by atoms with Crippen molar-refractivity contribution in [3.63, 3.8) is 0 Å². The van der Waals surface area contributed by atoms with Crippen molar-refractivity contribution in [3.05, 3.63) is 65.0 Å². The fourth-order valence-corrected chi connectivity index (χ4v) is 3.09. The molecule has 0 bridgehead atoms. The normalized spacial score (nSPS) is 13.8. The summed E-state index contributed by atoms with van der Waals surface area (Å²) in [5.74, 6) is 0.184. The minimum atomic E-state index is -0.332. The molecule has 0 aliphatic carbocycles. The standard InChI is InChI=1S/C18H17ClFNO/c19-10-9-13-3-8-17-15(12-13)2-1-11-21(17)18(22)14-4-6-16(20)7-5-14/h3-8,12H,1-2,9-11H2. The van der Waals surface area contributed by atoms with Gasteiger partial charge in [0.25, 0.3) is 5.91 Å². The first-order valence-corrected chi connectivity index (χ1v) is 7.97. The maximum Gasteiger partial charge on any atom is 0.258 e. The van der Waals surface area contributed by atoms with Gasteiger partial charge in [0.1, 0.15) is 5.82 Å². The lowest BCUT2D eigenvalue weighted by Gasteiger charge is -2.30. The van der Waals surface area contributed by atoms with Crippen LogP contribution in [0.3, 0.4) is 0 Å². The lowest BCUT2D eigenvalue weighted by Crippen LogP contribution is -2.35. The Hall–Kier alpha value is -1.87. The Morgan fingerprint density at radius 1 is 1.18 bits per heavy atom. The van der Waals surface area contributed by atoms with E-state index in [4.69, 9.17) is 11.6 Å². The number of hydrogen-bond acceptors (Lipinski definition) is 1. The van der Waals surface area contributed by atoms with E-state index in [9.17, 15) is 9.18 Å². The predicted molar refractivity (Wildman–Crippen MR) is 87.3 cm³/mol. The van der Waals surface area contributed by atoms with Gasteiger partial charge in [-0.05, 0) is 60.7 Å². The molecule has 0 N–H and O–H groups in total. The van der Waals surface area contributed by atoms with Gasteiger partial charge in [-0.15, -0.1) is 11.6 Å². The molecule has 1 aliphatic rings. The van der Waals surface area contributed by atoms with Crippen LogP contribution in [0.2, 0.25) is 0 Å². The zero-order valence-electron chi connectivity index (χ0n) is 12.2. The van der Waals surface area contributed by atoms with Crippen LogP contribution in [0.5, 0.6) is 0 Å². The van der Waals surface area contributed by atoms with E-state index in [1.807, 2.05) is 12.1 Å². The van der Waals surface area contributed by atoms with Gasteiger partial charge < -0.3 is 4.90 Å². The summed E-state index contributed by atoms with van der Waals surface area (Å²) in [6.07, 6.45) is 2.74. The van der Waals surface area contributed by atoms with Crippen molar-refractivity contribution in [2.24, 2.45) is 0 Å². The molecule has 0 atom stereocenters. The summed E-state index contributed by atoms with van der Waals surface area (Å²) >= 11 is 5.80. The highest BCUT2D eigenvalue weighted by molar-refractivity contribution is 6.18. The molecule has 2 aromatic carbocycles. The quantitative estimate of drug-likeness (QED) is 0.777. The molecule has 1 amide bonds. The number of anilines is 1. The van der Waals surface area contributed by atoms with E-state index in [1.54, 1.807) is 4.90 Å². The molecule has 0 fully saturated rings. The van der Waals surface area contributed by atoms with E-state index in [1.165, 1.54) is 35.4 Å². The summed E-state index contributed by atoms with van der Waals surface area (Å²) in [5, 5.41) is 0. The van der Waals surface area contributed by atoms with E-state index in [0.717, 1.165) is 24.9 Å². The number of rotatable bonds is 3. The van der Waals surface area contributed by atoms with Gasteiger partial charge in [0.15, 0.2) is 0 Å². The van der Waals surface area contributed by atoms with E-state index < -0.39 is 0 Å². The van der Waals surface area contributed by atoms with Gasteiger partial charge in [-0.25, -0.2) is 4.39 Å². The second kappa shape index (κ2) is 6.49. The first-order valence-electron chi connectivity index (χ1n) is 7.44. The molecule has 0 spiro atoms. The van der Waals surface area contributed by atoms with Crippen molar-refractivity contribution in [1.29, 1.82) is 0 Å². The number of alkyl halides is 1. The minimum Gasteiger partial charge on any atom is -0.308 e. The Kier molecular flexibility index (Phi) is 4.44. The molecule has 3 rings (SSSR count). The van der Waals surface area contributed by atoms with Gasteiger partial charge in [-0.1, -0.05) is 12.1 Å². The Morgan fingerprint density at radius 3 is 2.68 bits per heavy atom. The molecule has 1 aliphatic heterocycles. The largest absolute Gasteiger partial charge is 0.308 e. The predicted octanol–water partition coefficient (Wildman–Crippen LogP) is 4.20. The average molecular weight is 318 g/mol. The second-order valence-electron chi connectivity index (χ2n) is 5.47. The zero-order valence-corrected chi connectivity index (χ0v) is 12.9. The topological polar surface area (TPSA) is 20.3 Å². The number of carbonyl (C=O) groups excluding carboxylic acids is 1. The summed E-state index contributed by atoms with van der Waals surface area (Å²) in [5.41, 5.74) is 3.85. The van der Waals surface area contributed by atoms with E-state index >= 15 is 0 Å². The average Bonchev–Trinajstić information content (AvgIpc) is 2.54. The third-order valence-corrected chi connectivity index (χ3v) is 4.17. The molecular formula is C18H17ClFNO. The number of carbonyl (C=O) groups is 1. The van der Waals surface area contributed by atoms with Crippen molar-refractivity contribution in [2.45, 2.75) is 19.3 Å². The summed E-state index contributed by atoms with van der Waals surface area (Å²) in [6, 6.07) is 11.9.